The molecule has 0 atom stereocenters. The van der Waals surface area contributed by atoms with Gasteiger partial charge in [0, 0.05) is 25.2 Å². The summed E-state index contributed by atoms with van der Waals surface area (Å²) in [5.74, 6) is 0.309. The first-order chi connectivity index (χ1) is 6.79. The molecule has 0 saturated carbocycles. The molecule has 14 heavy (non-hydrogen) atoms. The van der Waals surface area contributed by atoms with Crippen molar-refractivity contribution in [2.45, 2.75) is 6.54 Å². The average molecular weight is 198 g/mol. The number of hydrogen-bond acceptors (Lipinski definition) is 3. The van der Waals surface area contributed by atoms with Crippen LogP contribution in [-0.2, 0) is 6.54 Å². The van der Waals surface area contributed by atoms with Crippen LogP contribution in [0.3, 0.4) is 0 Å². The molecule has 0 aliphatic heterocycles. The van der Waals surface area contributed by atoms with Crippen molar-refractivity contribution in [3.8, 4) is 5.75 Å². The maximum absolute atomic E-state index is 13.3. The molecule has 0 fully saturated rings. The number of methoxy groups -OCH3 is 1. The Hall–Kier alpha value is -1.13. The fourth-order valence-electron chi connectivity index (χ4n) is 1.22. The predicted molar refractivity (Wildman–Crippen MR) is 53.7 cm³/mol. The maximum Gasteiger partial charge on any atom is 0.131 e. The SMILES string of the molecule is COc1cccc(F)c1CNCCN. The van der Waals surface area contributed by atoms with Gasteiger partial charge in [-0.15, -0.1) is 0 Å². The molecule has 0 spiro atoms. The molecule has 0 aromatic heterocycles. The van der Waals surface area contributed by atoms with Crippen LogP contribution in [0.25, 0.3) is 0 Å². The van der Waals surface area contributed by atoms with Crippen LogP contribution in [0.4, 0.5) is 4.39 Å². The highest BCUT2D eigenvalue weighted by atomic mass is 19.1. The normalized spacial score (nSPS) is 10.2. The van der Waals surface area contributed by atoms with E-state index >= 15 is 0 Å². The Bertz CT molecular complexity index is 291. The molecule has 0 saturated heterocycles. The number of halogens is 1. The summed E-state index contributed by atoms with van der Waals surface area (Å²) in [4.78, 5) is 0. The van der Waals surface area contributed by atoms with Gasteiger partial charge in [-0.05, 0) is 12.1 Å². The quantitative estimate of drug-likeness (QED) is 0.690. The van der Waals surface area contributed by atoms with Crippen molar-refractivity contribution in [3.05, 3.63) is 29.6 Å². The second kappa shape index (κ2) is 5.57. The summed E-state index contributed by atoms with van der Waals surface area (Å²) in [6.45, 7) is 1.64. The van der Waals surface area contributed by atoms with Gasteiger partial charge in [0.1, 0.15) is 11.6 Å². The van der Waals surface area contributed by atoms with Gasteiger partial charge in [0.2, 0.25) is 0 Å². The molecule has 1 rings (SSSR count). The summed E-state index contributed by atoms with van der Waals surface area (Å²) in [6, 6.07) is 4.78. The smallest absolute Gasteiger partial charge is 0.131 e. The summed E-state index contributed by atoms with van der Waals surface area (Å²) in [6.07, 6.45) is 0. The molecule has 0 heterocycles. The lowest BCUT2D eigenvalue weighted by Gasteiger charge is -2.09. The van der Waals surface area contributed by atoms with Crippen molar-refractivity contribution in [1.82, 2.24) is 5.32 Å². The minimum absolute atomic E-state index is 0.256. The first-order valence-electron chi connectivity index (χ1n) is 4.51. The van der Waals surface area contributed by atoms with Crippen molar-refractivity contribution < 1.29 is 9.13 Å². The fourth-order valence-corrected chi connectivity index (χ4v) is 1.22. The van der Waals surface area contributed by atoms with Crippen LogP contribution in [0, 0.1) is 5.82 Å². The van der Waals surface area contributed by atoms with Gasteiger partial charge in [0.25, 0.3) is 0 Å². The van der Waals surface area contributed by atoms with Crippen LogP contribution in [0.2, 0.25) is 0 Å². The number of ether oxygens (including phenoxy) is 1. The fraction of sp³-hybridized carbons (Fsp3) is 0.400. The molecule has 4 heteroatoms. The lowest BCUT2D eigenvalue weighted by molar-refractivity contribution is 0.402. The van der Waals surface area contributed by atoms with Gasteiger partial charge in [-0.25, -0.2) is 4.39 Å². The van der Waals surface area contributed by atoms with E-state index in [1.165, 1.54) is 13.2 Å². The summed E-state index contributed by atoms with van der Waals surface area (Å²) in [5.41, 5.74) is 5.86. The lowest BCUT2D eigenvalue weighted by atomic mass is 10.2. The molecule has 0 aliphatic rings. The minimum atomic E-state index is -0.256. The number of hydrogen-bond donors (Lipinski definition) is 2. The Balaban J connectivity index is 2.72. The third-order valence-corrected chi connectivity index (χ3v) is 1.92. The molecule has 3 N–H and O–H groups in total. The van der Waals surface area contributed by atoms with Gasteiger partial charge in [0.05, 0.1) is 7.11 Å². The highest BCUT2D eigenvalue weighted by Crippen LogP contribution is 2.20. The van der Waals surface area contributed by atoms with Crippen molar-refractivity contribution in [2.24, 2.45) is 5.73 Å². The monoisotopic (exact) mass is 198 g/mol. The van der Waals surface area contributed by atoms with E-state index in [4.69, 9.17) is 10.5 Å². The highest BCUT2D eigenvalue weighted by Gasteiger charge is 2.07. The summed E-state index contributed by atoms with van der Waals surface area (Å²) in [5, 5.41) is 3.02. The number of nitrogens with two attached hydrogens (primary N) is 1. The van der Waals surface area contributed by atoms with E-state index in [1.807, 2.05) is 0 Å². The van der Waals surface area contributed by atoms with Crippen molar-refractivity contribution in [2.75, 3.05) is 20.2 Å². The third kappa shape index (κ3) is 2.68. The van der Waals surface area contributed by atoms with Crippen molar-refractivity contribution in [1.29, 1.82) is 0 Å². The summed E-state index contributed by atoms with van der Waals surface area (Å²) in [7, 11) is 1.53. The number of benzene rings is 1. The Morgan fingerprint density at radius 1 is 1.50 bits per heavy atom. The zero-order chi connectivity index (χ0) is 10.4. The van der Waals surface area contributed by atoms with Gasteiger partial charge in [-0.3, -0.25) is 0 Å². The molecule has 78 valence electrons. The molecule has 0 radical (unpaired) electrons. The number of rotatable bonds is 5. The van der Waals surface area contributed by atoms with Gasteiger partial charge in [-0.1, -0.05) is 6.07 Å². The van der Waals surface area contributed by atoms with E-state index in [0.29, 0.717) is 30.9 Å². The molecule has 0 aliphatic carbocycles. The van der Waals surface area contributed by atoms with Crippen LogP contribution >= 0.6 is 0 Å². The van der Waals surface area contributed by atoms with E-state index in [1.54, 1.807) is 12.1 Å². The van der Waals surface area contributed by atoms with Gasteiger partial charge in [-0.2, -0.15) is 0 Å². The topological polar surface area (TPSA) is 47.3 Å². The largest absolute Gasteiger partial charge is 0.496 e. The summed E-state index contributed by atoms with van der Waals surface area (Å²) < 4.78 is 18.4. The van der Waals surface area contributed by atoms with Crippen LogP contribution in [0.5, 0.6) is 5.75 Å². The van der Waals surface area contributed by atoms with Gasteiger partial charge >= 0.3 is 0 Å². The van der Waals surface area contributed by atoms with Crippen molar-refractivity contribution >= 4 is 0 Å². The molecular weight excluding hydrogens is 183 g/mol. The second-order valence-corrected chi connectivity index (χ2v) is 2.89. The minimum Gasteiger partial charge on any atom is -0.496 e. The zero-order valence-electron chi connectivity index (χ0n) is 8.22. The van der Waals surface area contributed by atoms with Gasteiger partial charge < -0.3 is 15.8 Å². The van der Waals surface area contributed by atoms with E-state index in [9.17, 15) is 4.39 Å². The lowest BCUT2D eigenvalue weighted by Crippen LogP contribution is -2.22. The number of nitrogens with one attached hydrogen (secondary N) is 1. The van der Waals surface area contributed by atoms with E-state index in [-0.39, 0.29) is 5.82 Å². The Kier molecular flexibility index (Phi) is 4.35. The Labute approximate surface area is 83.1 Å². The van der Waals surface area contributed by atoms with E-state index in [2.05, 4.69) is 5.32 Å². The standard InChI is InChI=1S/C10H15FN2O/c1-14-10-4-2-3-9(11)8(10)7-13-6-5-12/h2-4,13H,5-7,12H2,1H3. The molecule has 1 aromatic carbocycles. The Morgan fingerprint density at radius 3 is 2.93 bits per heavy atom. The molecular formula is C10H15FN2O. The zero-order valence-corrected chi connectivity index (χ0v) is 8.22. The van der Waals surface area contributed by atoms with Gasteiger partial charge in [0.15, 0.2) is 0 Å². The first kappa shape index (κ1) is 10.9. The predicted octanol–water partition coefficient (Wildman–Crippen LogP) is 0.883. The van der Waals surface area contributed by atoms with Crippen LogP contribution in [0.15, 0.2) is 18.2 Å². The average Bonchev–Trinajstić information content (AvgIpc) is 2.20. The van der Waals surface area contributed by atoms with Crippen LogP contribution < -0.4 is 15.8 Å². The Morgan fingerprint density at radius 2 is 2.29 bits per heavy atom. The molecule has 1 aromatic rings. The van der Waals surface area contributed by atoms with E-state index < -0.39 is 0 Å². The third-order valence-electron chi connectivity index (χ3n) is 1.92. The first-order valence-corrected chi connectivity index (χ1v) is 4.51. The highest BCUT2D eigenvalue weighted by molar-refractivity contribution is 5.34. The van der Waals surface area contributed by atoms with E-state index in [0.717, 1.165) is 0 Å². The molecule has 0 bridgehead atoms. The van der Waals surface area contributed by atoms with Crippen LogP contribution in [0.1, 0.15) is 5.56 Å². The van der Waals surface area contributed by atoms with Crippen LogP contribution in [-0.4, -0.2) is 20.2 Å². The maximum atomic E-state index is 13.3. The molecule has 3 nitrogen and oxygen atoms in total. The molecule has 0 unspecified atom stereocenters. The summed E-state index contributed by atoms with van der Waals surface area (Å²) >= 11 is 0. The second-order valence-electron chi connectivity index (χ2n) is 2.89. The van der Waals surface area contributed by atoms with Crippen molar-refractivity contribution in [3.63, 3.8) is 0 Å². The molecule has 0 amide bonds.